The summed E-state index contributed by atoms with van der Waals surface area (Å²) in [6.07, 6.45) is 3.40. The molecule has 0 aliphatic heterocycles. The van der Waals surface area contributed by atoms with Crippen LogP contribution in [0.3, 0.4) is 0 Å². The Morgan fingerprint density at radius 3 is 2.82 bits per heavy atom. The Kier molecular flexibility index (Phi) is 5.42. The van der Waals surface area contributed by atoms with Crippen LogP contribution in [-0.4, -0.2) is 25.5 Å². The predicted octanol–water partition coefficient (Wildman–Crippen LogP) is 1.75. The third-order valence-electron chi connectivity index (χ3n) is 2.02. The molecule has 0 saturated carbocycles. The number of thiophene rings is 1. The molecular formula is C12H15NO3S. The van der Waals surface area contributed by atoms with Crippen molar-refractivity contribution in [3.8, 4) is 0 Å². The van der Waals surface area contributed by atoms with E-state index in [2.05, 4.69) is 10.1 Å². The van der Waals surface area contributed by atoms with Gasteiger partial charge >= 0.3 is 5.97 Å². The molecule has 1 aromatic rings. The summed E-state index contributed by atoms with van der Waals surface area (Å²) in [5.74, 6) is -0.539. The Balaban J connectivity index is 2.30. The monoisotopic (exact) mass is 253 g/mol. The summed E-state index contributed by atoms with van der Waals surface area (Å²) in [6.45, 7) is 2.30. The number of carbonyl (C=O) groups is 2. The number of esters is 1. The summed E-state index contributed by atoms with van der Waals surface area (Å²) in [5, 5.41) is 2.60. The third-order valence-corrected chi connectivity index (χ3v) is 2.98. The molecule has 4 nitrogen and oxygen atoms in total. The molecule has 0 saturated heterocycles. The van der Waals surface area contributed by atoms with Gasteiger partial charge in [-0.15, -0.1) is 11.3 Å². The van der Waals surface area contributed by atoms with Crippen LogP contribution in [0.2, 0.25) is 0 Å². The van der Waals surface area contributed by atoms with E-state index in [4.69, 9.17) is 0 Å². The van der Waals surface area contributed by atoms with Crippen LogP contribution in [0.25, 0.3) is 6.08 Å². The van der Waals surface area contributed by atoms with Gasteiger partial charge in [0.2, 0.25) is 5.91 Å². The Labute approximate surface area is 104 Å². The van der Waals surface area contributed by atoms with Crippen molar-refractivity contribution in [1.29, 1.82) is 0 Å². The number of carbonyl (C=O) groups excluding carboxylic acids is 2. The van der Waals surface area contributed by atoms with Gasteiger partial charge in [-0.1, -0.05) is 0 Å². The van der Waals surface area contributed by atoms with Gasteiger partial charge in [-0.25, -0.2) is 0 Å². The van der Waals surface area contributed by atoms with Crippen LogP contribution < -0.4 is 5.32 Å². The molecule has 1 amide bonds. The van der Waals surface area contributed by atoms with Crippen LogP contribution in [0, 0.1) is 6.92 Å². The number of hydrogen-bond acceptors (Lipinski definition) is 4. The molecule has 1 rings (SSSR count). The molecular weight excluding hydrogens is 238 g/mol. The molecule has 92 valence electrons. The van der Waals surface area contributed by atoms with E-state index in [1.807, 2.05) is 19.1 Å². The first kappa shape index (κ1) is 13.4. The maximum Gasteiger partial charge on any atom is 0.307 e. The van der Waals surface area contributed by atoms with Gasteiger partial charge in [-0.05, 0) is 25.1 Å². The normalized spacial score (nSPS) is 10.5. The highest BCUT2D eigenvalue weighted by Crippen LogP contribution is 2.16. The van der Waals surface area contributed by atoms with Crippen LogP contribution >= 0.6 is 11.3 Å². The second-order valence-corrected chi connectivity index (χ2v) is 4.72. The van der Waals surface area contributed by atoms with Gasteiger partial charge in [-0.3, -0.25) is 9.59 Å². The first-order chi connectivity index (χ1) is 8.11. The lowest BCUT2D eigenvalue weighted by molar-refractivity contribution is -0.140. The van der Waals surface area contributed by atoms with Crippen molar-refractivity contribution in [3.63, 3.8) is 0 Å². The van der Waals surface area contributed by atoms with Crippen molar-refractivity contribution >= 4 is 29.3 Å². The van der Waals surface area contributed by atoms with Crippen LogP contribution in [0.1, 0.15) is 16.2 Å². The van der Waals surface area contributed by atoms with Crippen molar-refractivity contribution in [2.24, 2.45) is 0 Å². The summed E-state index contributed by atoms with van der Waals surface area (Å²) in [5.41, 5.74) is 0. The maximum atomic E-state index is 11.3. The zero-order chi connectivity index (χ0) is 12.7. The minimum atomic E-state index is -0.330. The molecule has 1 N–H and O–H groups in total. The van der Waals surface area contributed by atoms with Crippen molar-refractivity contribution < 1.29 is 14.3 Å². The third kappa shape index (κ3) is 5.31. The Hall–Kier alpha value is -1.62. The molecule has 5 heteroatoms. The molecule has 0 unspecified atom stereocenters. The van der Waals surface area contributed by atoms with Gasteiger partial charge in [-0.2, -0.15) is 0 Å². The molecule has 0 atom stereocenters. The first-order valence-corrected chi connectivity index (χ1v) is 6.02. The van der Waals surface area contributed by atoms with Crippen LogP contribution in [-0.2, 0) is 14.3 Å². The van der Waals surface area contributed by atoms with Crippen molar-refractivity contribution in [2.75, 3.05) is 13.7 Å². The topological polar surface area (TPSA) is 55.4 Å². The first-order valence-electron chi connectivity index (χ1n) is 5.21. The van der Waals surface area contributed by atoms with E-state index < -0.39 is 0 Å². The number of hydrogen-bond donors (Lipinski definition) is 1. The fraction of sp³-hybridized carbons (Fsp3) is 0.333. The minimum Gasteiger partial charge on any atom is -0.469 e. The Bertz CT molecular complexity index is 423. The SMILES string of the molecule is COC(=O)CCNC(=O)/C=C/c1ccc(C)s1. The van der Waals surface area contributed by atoms with Crippen molar-refractivity contribution in [3.05, 3.63) is 28.0 Å². The molecule has 1 heterocycles. The molecule has 0 spiro atoms. The van der Waals surface area contributed by atoms with E-state index >= 15 is 0 Å². The zero-order valence-corrected chi connectivity index (χ0v) is 10.7. The Morgan fingerprint density at radius 2 is 2.24 bits per heavy atom. The summed E-state index contributed by atoms with van der Waals surface area (Å²) < 4.78 is 4.46. The largest absolute Gasteiger partial charge is 0.469 e. The highest BCUT2D eigenvalue weighted by molar-refractivity contribution is 7.12. The predicted molar refractivity (Wildman–Crippen MR) is 67.7 cm³/mol. The van der Waals surface area contributed by atoms with Gasteiger partial charge in [0.05, 0.1) is 13.5 Å². The average Bonchev–Trinajstić information content (AvgIpc) is 2.72. The van der Waals surface area contributed by atoms with Gasteiger partial charge < -0.3 is 10.1 Å². The Morgan fingerprint density at radius 1 is 1.47 bits per heavy atom. The molecule has 1 aromatic heterocycles. The number of nitrogens with one attached hydrogen (secondary N) is 1. The summed E-state index contributed by atoms with van der Waals surface area (Å²) in [7, 11) is 1.32. The summed E-state index contributed by atoms with van der Waals surface area (Å²) in [6, 6.07) is 3.96. The van der Waals surface area contributed by atoms with Gasteiger partial charge in [0.15, 0.2) is 0 Å². The molecule has 0 radical (unpaired) electrons. The number of amides is 1. The smallest absolute Gasteiger partial charge is 0.307 e. The minimum absolute atomic E-state index is 0.189. The fourth-order valence-electron chi connectivity index (χ4n) is 1.15. The lowest BCUT2D eigenvalue weighted by Crippen LogP contribution is -2.24. The van der Waals surface area contributed by atoms with Crippen molar-refractivity contribution in [1.82, 2.24) is 5.32 Å². The van der Waals surface area contributed by atoms with Gasteiger partial charge in [0.25, 0.3) is 0 Å². The number of ether oxygens (including phenoxy) is 1. The van der Waals surface area contributed by atoms with Crippen LogP contribution in [0.15, 0.2) is 18.2 Å². The zero-order valence-electron chi connectivity index (χ0n) is 9.86. The quantitative estimate of drug-likeness (QED) is 0.642. The lowest BCUT2D eigenvalue weighted by atomic mass is 10.3. The summed E-state index contributed by atoms with van der Waals surface area (Å²) in [4.78, 5) is 24.4. The van der Waals surface area contributed by atoms with E-state index in [1.54, 1.807) is 17.4 Å². The fourth-order valence-corrected chi connectivity index (χ4v) is 1.93. The molecule has 0 aliphatic carbocycles. The van der Waals surface area contributed by atoms with Gasteiger partial charge in [0.1, 0.15) is 0 Å². The number of methoxy groups -OCH3 is 1. The van der Waals surface area contributed by atoms with E-state index in [1.165, 1.54) is 18.1 Å². The molecule has 0 fully saturated rings. The second kappa shape index (κ2) is 6.85. The second-order valence-electron chi connectivity index (χ2n) is 3.40. The van der Waals surface area contributed by atoms with E-state index in [0.717, 1.165) is 4.88 Å². The highest BCUT2D eigenvalue weighted by atomic mass is 32.1. The van der Waals surface area contributed by atoms with Gasteiger partial charge in [0, 0.05) is 22.4 Å². The molecule has 0 aliphatic rings. The molecule has 0 aromatic carbocycles. The van der Waals surface area contributed by atoms with Crippen LogP contribution in [0.5, 0.6) is 0 Å². The van der Waals surface area contributed by atoms with E-state index in [0.29, 0.717) is 6.54 Å². The molecule has 0 bridgehead atoms. The van der Waals surface area contributed by atoms with Crippen molar-refractivity contribution in [2.45, 2.75) is 13.3 Å². The van der Waals surface area contributed by atoms with E-state index in [-0.39, 0.29) is 18.3 Å². The standard InChI is InChI=1S/C12H15NO3S/c1-9-3-4-10(17-9)5-6-11(14)13-8-7-12(15)16-2/h3-6H,7-8H2,1-2H3,(H,13,14)/b6-5+. The highest BCUT2D eigenvalue weighted by Gasteiger charge is 2.01. The number of aryl methyl sites for hydroxylation is 1. The maximum absolute atomic E-state index is 11.3. The van der Waals surface area contributed by atoms with E-state index in [9.17, 15) is 9.59 Å². The van der Waals surface area contributed by atoms with Crippen LogP contribution in [0.4, 0.5) is 0 Å². The summed E-state index contributed by atoms with van der Waals surface area (Å²) >= 11 is 1.62. The average molecular weight is 253 g/mol. The number of rotatable bonds is 5. The molecule has 17 heavy (non-hydrogen) atoms. The lowest BCUT2D eigenvalue weighted by Gasteiger charge is -2.00.